The van der Waals surface area contributed by atoms with E-state index in [1.165, 1.54) is 11.1 Å². The van der Waals surface area contributed by atoms with E-state index in [9.17, 15) is 0 Å². The van der Waals surface area contributed by atoms with E-state index in [2.05, 4.69) is 69.1 Å². The van der Waals surface area contributed by atoms with Gasteiger partial charge in [-0.15, -0.1) is 11.6 Å². The second kappa shape index (κ2) is 6.23. The number of benzene rings is 2. The highest BCUT2D eigenvalue weighted by Crippen LogP contribution is 2.29. The van der Waals surface area contributed by atoms with Crippen LogP contribution in [0, 0.1) is 6.92 Å². The smallest absolute Gasteiger partial charge is 0.0626 e. The van der Waals surface area contributed by atoms with Crippen LogP contribution in [0.1, 0.15) is 22.1 Å². The van der Waals surface area contributed by atoms with Gasteiger partial charge in [0.15, 0.2) is 0 Å². The first kappa shape index (κ1) is 14.1. The SMILES string of the molecule is Cc1cc(Br)cc(C(Cl)Cc2cccc(Br)c2)c1. The zero-order chi connectivity index (χ0) is 13.1. The molecule has 0 heterocycles. The Balaban J connectivity index is 2.19. The van der Waals surface area contributed by atoms with Crippen molar-refractivity contribution in [2.75, 3.05) is 0 Å². The van der Waals surface area contributed by atoms with Gasteiger partial charge in [0.05, 0.1) is 5.38 Å². The van der Waals surface area contributed by atoms with Gasteiger partial charge in [0.2, 0.25) is 0 Å². The highest BCUT2D eigenvalue weighted by Gasteiger charge is 2.10. The second-order valence-electron chi connectivity index (χ2n) is 4.36. The van der Waals surface area contributed by atoms with Gasteiger partial charge in [-0.25, -0.2) is 0 Å². The molecule has 94 valence electrons. The van der Waals surface area contributed by atoms with Crippen LogP contribution in [0.15, 0.2) is 51.4 Å². The lowest BCUT2D eigenvalue weighted by Gasteiger charge is -2.12. The van der Waals surface area contributed by atoms with Gasteiger partial charge in [-0.3, -0.25) is 0 Å². The van der Waals surface area contributed by atoms with Crippen LogP contribution in [-0.2, 0) is 6.42 Å². The molecule has 0 spiro atoms. The maximum atomic E-state index is 6.50. The predicted octanol–water partition coefficient (Wildman–Crippen LogP) is 6.04. The third-order valence-electron chi connectivity index (χ3n) is 2.73. The summed E-state index contributed by atoms with van der Waals surface area (Å²) in [5.74, 6) is 0. The molecule has 0 aliphatic heterocycles. The Bertz CT molecular complexity index is 532. The molecule has 2 aromatic carbocycles. The normalized spacial score (nSPS) is 12.4. The van der Waals surface area contributed by atoms with Crippen molar-refractivity contribution >= 4 is 43.5 Å². The van der Waals surface area contributed by atoms with Crippen LogP contribution in [0.4, 0.5) is 0 Å². The molecule has 0 aromatic heterocycles. The zero-order valence-electron chi connectivity index (χ0n) is 9.96. The highest BCUT2D eigenvalue weighted by atomic mass is 79.9. The molecular formula is C15H13Br2Cl. The molecule has 0 radical (unpaired) electrons. The molecule has 0 nitrogen and oxygen atoms in total. The van der Waals surface area contributed by atoms with Crippen molar-refractivity contribution in [2.45, 2.75) is 18.7 Å². The molecule has 0 amide bonds. The maximum Gasteiger partial charge on any atom is 0.0626 e. The minimum Gasteiger partial charge on any atom is -0.117 e. The van der Waals surface area contributed by atoms with Gasteiger partial charge in [-0.2, -0.15) is 0 Å². The van der Waals surface area contributed by atoms with Crippen molar-refractivity contribution in [3.63, 3.8) is 0 Å². The van der Waals surface area contributed by atoms with Crippen LogP contribution in [0.3, 0.4) is 0 Å². The van der Waals surface area contributed by atoms with Crippen LogP contribution in [0.25, 0.3) is 0 Å². The Kier molecular flexibility index (Phi) is 4.88. The standard InChI is InChI=1S/C15H13Br2Cl/c1-10-5-12(9-14(17)6-10)15(18)8-11-3-2-4-13(16)7-11/h2-7,9,15H,8H2,1H3. The minimum atomic E-state index is -0.00417. The van der Waals surface area contributed by atoms with Crippen molar-refractivity contribution in [1.29, 1.82) is 0 Å². The number of hydrogen-bond donors (Lipinski definition) is 0. The van der Waals surface area contributed by atoms with E-state index in [0.29, 0.717) is 0 Å². The lowest BCUT2D eigenvalue weighted by molar-refractivity contribution is 0.916. The first-order chi connectivity index (χ1) is 8.54. The lowest BCUT2D eigenvalue weighted by atomic mass is 10.0. The molecule has 1 atom stereocenters. The molecule has 18 heavy (non-hydrogen) atoms. The molecular weight excluding hydrogens is 375 g/mol. The highest BCUT2D eigenvalue weighted by molar-refractivity contribution is 9.10. The lowest BCUT2D eigenvalue weighted by Crippen LogP contribution is -1.96. The maximum absolute atomic E-state index is 6.50. The van der Waals surface area contributed by atoms with E-state index < -0.39 is 0 Å². The van der Waals surface area contributed by atoms with E-state index in [-0.39, 0.29) is 5.38 Å². The molecule has 1 unspecified atom stereocenters. The third kappa shape index (κ3) is 3.84. The molecule has 3 heteroatoms. The van der Waals surface area contributed by atoms with E-state index in [1.807, 2.05) is 12.1 Å². The third-order valence-corrected chi connectivity index (χ3v) is 4.09. The van der Waals surface area contributed by atoms with E-state index in [1.54, 1.807) is 0 Å². The number of aryl methyl sites for hydroxylation is 1. The van der Waals surface area contributed by atoms with Gasteiger partial charge >= 0.3 is 0 Å². The fourth-order valence-corrected chi connectivity index (χ4v) is 3.31. The summed E-state index contributed by atoms with van der Waals surface area (Å²) in [5.41, 5.74) is 3.62. The van der Waals surface area contributed by atoms with Crippen molar-refractivity contribution in [3.05, 3.63) is 68.1 Å². The van der Waals surface area contributed by atoms with Crippen LogP contribution >= 0.6 is 43.5 Å². The van der Waals surface area contributed by atoms with Crippen molar-refractivity contribution in [2.24, 2.45) is 0 Å². The summed E-state index contributed by atoms with van der Waals surface area (Å²) in [5, 5.41) is -0.00417. The summed E-state index contributed by atoms with van der Waals surface area (Å²) in [7, 11) is 0. The van der Waals surface area contributed by atoms with Gasteiger partial charge in [0.25, 0.3) is 0 Å². The van der Waals surface area contributed by atoms with Crippen molar-refractivity contribution in [3.8, 4) is 0 Å². The summed E-state index contributed by atoms with van der Waals surface area (Å²) >= 11 is 13.5. The molecule has 0 fully saturated rings. The molecule has 0 N–H and O–H groups in total. The fraction of sp³-hybridized carbons (Fsp3) is 0.200. The van der Waals surface area contributed by atoms with E-state index in [4.69, 9.17) is 11.6 Å². The summed E-state index contributed by atoms with van der Waals surface area (Å²) in [6.07, 6.45) is 0.830. The summed E-state index contributed by atoms with van der Waals surface area (Å²) in [6.45, 7) is 2.08. The molecule has 2 aromatic rings. The van der Waals surface area contributed by atoms with Crippen LogP contribution < -0.4 is 0 Å². The zero-order valence-corrected chi connectivity index (χ0v) is 13.9. The number of halogens is 3. The van der Waals surface area contributed by atoms with Crippen molar-refractivity contribution < 1.29 is 0 Å². The Morgan fingerprint density at radius 3 is 2.50 bits per heavy atom. The first-order valence-corrected chi connectivity index (χ1v) is 7.72. The van der Waals surface area contributed by atoms with Crippen LogP contribution in [0.5, 0.6) is 0 Å². The van der Waals surface area contributed by atoms with Crippen molar-refractivity contribution in [1.82, 2.24) is 0 Å². The Morgan fingerprint density at radius 2 is 1.83 bits per heavy atom. The van der Waals surface area contributed by atoms with E-state index in [0.717, 1.165) is 20.9 Å². The topological polar surface area (TPSA) is 0 Å². The van der Waals surface area contributed by atoms with Gasteiger partial charge in [0, 0.05) is 8.95 Å². The summed E-state index contributed by atoms with van der Waals surface area (Å²) in [4.78, 5) is 0. The van der Waals surface area contributed by atoms with Crippen LogP contribution in [-0.4, -0.2) is 0 Å². The molecule has 0 saturated heterocycles. The van der Waals surface area contributed by atoms with Crippen LogP contribution in [0.2, 0.25) is 0 Å². The molecule has 0 aliphatic rings. The minimum absolute atomic E-state index is 0.00417. The largest absolute Gasteiger partial charge is 0.117 e. The molecule has 0 aliphatic carbocycles. The molecule has 0 saturated carbocycles. The second-order valence-corrected chi connectivity index (χ2v) is 6.72. The predicted molar refractivity (Wildman–Crippen MR) is 85.3 cm³/mol. The number of rotatable bonds is 3. The monoisotopic (exact) mass is 386 g/mol. The summed E-state index contributed by atoms with van der Waals surface area (Å²) in [6, 6.07) is 14.6. The Labute approximate surface area is 130 Å². The average Bonchev–Trinajstić information content (AvgIpc) is 2.27. The molecule has 2 rings (SSSR count). The Morgan fingerprint density at radius 1 is 1.06 bits per heavy atom. The average molecular weight is 389 g/mol. The Hall–Kier alpha value is -0.310. The summed E-state index contributed by atoms with van der Waals surface area (Å²) < 4.78 is 2.17. The van der Waals surface area contributed by atoms with E-state index >= 15 is 0 Å². The van der Waals surface area contributed by atoms with Gasteiger partial charge in [0.1, 0.15) is 0 Å². The number of hydrogen-bond acceptors (Lipinski definition) is 0. The first-order valence-electron chi connectivity index (χ1n) is 5.70. The quantitative estimate of drug-likeness (QED) is 0.562. The number of alkyl halides is 1. The van der Waals surface area contributed by atoms with Gasteiger partial charge in [-0.05, 0) is 54.3 Å². The van der Waals surface area contributed by atoms with Gasteiger partial charge < -0.3 is 0 Å². The molecule has 0 bridgehead atoms. The van der Waals surface area contributed by atoms with Gasteiger partial charge in [-0.1, -0.05) is 50.1 Å². The fourth-order valence-electron chi connectivity index (χ4n) is 1.93.